The Morgan fingerprint density at radius 3 is 2.50 bits per heavy atom. The Hall–Kier alpha value is -1.53. The van der Waals surface area contributed by atoms with E-state index in [1.54, 1.807) is 12.2 Å². The summed E-state index contributed by atoms with van der Waals surface area (Å²) in [6.45, 7) is 4.24. The summed E-state index contributed by atoms with van der Waals surface area (Å²) in [4.78, 5) is 12.6. The third kappa shape index (κ3) is 2.82. The summed E-state index contributed by atoms with van der Waals surface area (Å²) in [5.74, 6) is -1.55. The largest absolute Gasteiger partial charge is 0.344 e. The van der Waals surface area contributed by atoms with Gasteiger partial charge in [0.25, 0.3) is 0 Å². The lowest BCUT2D eigenvalue weighted by atomic mass is 9.89. The number of hydrogen-bond donors (Lipinski definition) is 0. The molecular weight excluding hydrogens is 308 g/mol. The maximum absolute atomic E-state index is 12.6. The average Bonchev–Trinajstić information content (AvgIpc) is 3.20. The van der Waals surface area contributed by atoms with Crippen LogP contribution < -0.4 is 0 Å². The Morgan fingerprint density at radius 1 is 1.04 bits per heavy atom. The van der Waals surface area contributed by atoms with E-state index in [9.17, 15) is 4.79 Å². The topological polar surface area (TPSA) is 54.0 Å². The number of allylic oxidation sites excluding steroid dienone is 1. The van der Waals surface area contributed by atoms with Gasteiger partial charge in [-0.05, 0) is 37.1 Å². The van der Waals surface area contributed by atoms with Crippen molar-refractivity contribution in [3.05, 3.63) is 47.5 Å². The fourth-order valence-corrected chi connectivity index (χ4v) is 3.66. The third-order valence-electron chi connectivity index (χ3n) is 5.05. The highest BCUT2D eigenvalue weighted by Crippen LogP contribution is 2.37. The maximum Gasteiger partial charge on any atom is 0.192 e. The lowest BCUT2D eigenvalue weighted by molar-refractivity contribution is -0.149. The highest BCUT2D eigenvalue weighted by Gasteiger charge is 2.38. The minimum absolute atomic E-state index is 0.0848. The molecule has 1 aliphatic carbocycles. The van der Waals surface area contributed by atoms with E-state index in [1.165, 1.54) is 0 Å². The lowest BCUT2D eigenvalue weighted by Crippen LogP contribution is -2.26. The quantitative estimate of drug-likeness (QED) is 0.834. The summed E-state index contributed by atoms with van der Waals surface area (Å²) >= 11 is 0. The molecule has 4 rings (SSSR count). The molecule has 0 amide bonds. The predicted molar refractivity (Wildman–Crippen MR) is 86.5 cm³/mol. The van der Waals surface area contributed by atoms with Gasteiger partial charge in [0, 0.05) is 17.9 Å². The summed E-state index contributed by atoms with van der Waals surface area (Å²) in [6.07, 6.45) is 4.75. The molecule has 3 aliphatic rings. The summed E-state index contributed by atoms with van der Waals surface area (Å²) in [6, 6.07) is 7.96. The fourth-order valence-electron chi connectivity index (χ4n) is 3.66. The van der Waals surface area contributed by atoms with Crippen LogP contribution in [0.4, 0.5) is 0 Å². The molecule has 2 heterocycles. The smallest absolute Gasteiger partial charge is 0.192 e. The molecule has 1 aromatic carbocycles. The van der Waals surface area contributed by atoms with Gasteiger partial charge >= 0.3 is 0 Å². The highest BCUT2D eigenvalue weighted by molar-refractivity contribution is 5.95. The molecule has 1 aromatic rings. The van der Waals surface area contributed by atoms with Crippen LogP contribution in [0.5, 0.6) is 0 Å². The minimum Gasteiger partial charge on any atom is -0.344 e. The first-order valence-corrected chi connectivity index (χ1v) is 8.50. The molecule has 5 nitrogen and oxygen atoms in total. The molecule has 2 fully saturated rings. The van der Waals surface area contributed by atoms with Gasteiger partial charge in [-0.25, -0.2) is 0 Å². The number of carbonyl (C=O) groups excluding carboxylic acids is 1. The van der Waals surface area contributed by atoms with Crippen LogP contribution in [-0.4, -0.2) is 38.0 Å². The zero-order valence-corrected chi connectivity index (χ0v) is 13.8. The molecule has 2 saturated heterocycles. The molecule has 24 heavy (non-hydrogen) atoms. The molecule has 2 aliphatic heterocycles. The van der Waals surface area contributed by atoms with Crippen molar-refractivity contribution >= 4 is 5.78 Å². The van der Waals surface area contributed by atoms with E-state index in [2.05, 4.69) is 0 Å². The van der Waals surface area contributed by atoms with Gasteiger partial charge < -0.3 is 18.9 Å². The van der Waals surface area contributed by atoms with Crippen molar-refractivity contribution in [3.63, 3.8) is 0 Å². The summed E-state index contributed by atoms with van der Waals surface area (Å²) in [5.41, 5.74) is 1.93. The molecule has 0 unspecified atom stereocenters. The number of carbonyl (C=O) groups is 1. The van der Waals surface area contributed by atoms with Crippen molar-refractivity contribution in [2.24, 2.45) is 0 Å². The second kappa shape index (κ2) is 6.08. The Bertz CT molecular complexity index is 653. The van der Waals surface area contributed by atoms with E-state index >= 15 is 0 Å². The molecule has 0 saturated carbocycles. The van der Waals surface area contributed by atoms with Gasteiger partial charge in [0.1, 0.15) is 0 Å². The molecule has 0 N–H and O–H groups in total. The van der Waals surface area contributed by atoms with Gasteiger partial charge in [-0.1, -0.05) is 18.2 Å². The molecule has 128 valence electrons. The zero-order chi connectivity index (χ0) is 16.6. The van der Waals surface area contributed by atoms with Crippen LogP contribution in [0.3, 0.4) is 0 Å². The SMILES string of the molecule is CC1(c2cccc([C@H]3CCC4(C=CC3=O)OCCO4)c2)OCCO1. The van der Waals surface area contributed by atoms with Crippen LogP contribution in [-0.2, 0) is 29.5 Å². The van der Waals surface area contributed by atoms with Gasteiger partial charge in [-0.2, -0.15) is 0 Å². The van der Waals surface area contributed by atoms with Gasteiger partial charge in [0.15, 0.2) is 17.4 Å². The molecule has 1 atom stereocenters. The van der Waals surface area contributed by atoms with E-state index in [-0.39, 0.29) is 11.7 Å². The number of ether oxygens (including phenoxy) is 4. The zero-order valence-electron chi connectivity index (χ0n) is 13.8. The Kier molecular flexibility index (Phi) is 4.04. The Balaban J connectivity index is 1.59. The number of benzene rings is 1. The predicted octanol–water partition coefficient (Wildman–Crippen LogP) is 2.65. The van der Waals surface area contributed by atoms with Gasteiger partial charge in [-0.3, -0.25) is 4.79 Å². The molecule has 1 spiro atoms. The first-order valence-electron chi connectivity index (χ1n) is 8.50. The Morgan fingerprint density at radius 2 is 1.75 bits per heavy atom. The van der Waals surface area contributed by atoms with Crippen LogP contribution in [0, 0.1) is 0 Å². The molecule has 5 heteroatoms. The second-order valence-electron chi connectivity index (χ2n) is 6.60. The van der Waals surface area contributed by atoms with E-state index < -0.39 is 11.6 Å². The molecule has 0 aromatic heterocycles. The van der Waals surface area contributed by atoms with E-state index in [0.717, 1.165) is 11.1 Å². The standard InChI is InChI=1S/C19H22O5/c1-18(21-9-10-22-18)15-4-2-3-14(13-15)16-5-7-19(8-6-17(16)20)23-11-12-24-19/h2-4,6,8,13,16H,5,7,9-12H2,1H3/t16-/m1/s1. The maximum atomic E-state index is 12.6. The first-order chi connectivity index (χ1) is 11.6. The summed E-state index contributed by atoms with van der Waals surface area (Å²) in [5, 5.41) is 0. The number of rotatable bonds is 2. The average molecular weight is 330 g/mol. The van der Waals surface area contributed by atoms with E-state index in [1.807, 2.05) is 31.2 Å². The molecule has 0 bridgehead atoms. The van der Waals surface area contributed by atoms with Crippen molar-refractivity contribution in [2.45, 2.75) is 37.3 Å². The van der Waals surface area contributed by atoms with Gasteiger partial charge in [0.05, 0.1) is 26.4 Å². The number of ketones is 1. The minimum atomic E-state index is -0.724. The highest BCUT2D eigenvalue weighted by atomic mass is 16.7. The third-order valence-corrected chi connectivity index (χ3v) is 5.05. The first kappa shape index (κ1) is 16.0. The lowest BCUT2D eigenvalue weighted by Gasteiger charge is -2.25. The van der Waals surface area contributed by atoms with Crippen molar-refractivity contribution < 1.29 is 23.7 Å². The van der Waals surface area contributed by atoms with Crippen LogP contribution >= 0.6 is 0 Å². The summed E-state index contributed by atoms with van der Waals surface area (Å²) in [7, 11) is 0. The van der Waals surface area contributed by atoms with Gasteiger partial charge in [0.2, 0.25) is 0 Å². The normalized spacial score (nSPS) is 28.4. The van der Waals surface area contributed by atoms with Crippen molar-refractivity contribution in [2.75, 3.05) is 26.4 Å². The molecule has 0 radical (unpaired) electrons. The number of hydrogen-bond acceptors (Lipinski definition) is 5. The second-order valence-corrected chi connectivity index (χ2v) is 6.60. The van der Waals surface area contributed by atoms with Crippen LogP contribution in [0.15, 0.2) is 36.4 Å². The monoisotopic (exact) mass is 330 g/mol. The van der Waals surface area contributed by atoms with Crippen LogP contribution in [0.1, 0.15) is 36.8 Å². The van der Waals surface area contributed by atoms with Crippen molar-refractivity contribution in [1.82, 2.24) is 0 Å². The van der Waals surface area contributed by atoms with Crippen molar-refractivity contribution in [3.8, 4) is 0 Å². The van der Waals surface area contributed by atoms with Crippen LogP contribution in [0.25, 0.3) is 0 Å². The van der Waals surface area contributed by atoms with Gasteiger partial charge in [-0.15, -0.1) is 0 Å². The fraction of sp³-hybridized carbons (Fsp3) is 0.526. The Labute approximate surface area is 141 Å². The van der Waals surface area contributed by atoms with Crippen molar-refractivity contribution in [1.29, 1.82) is 0 Å². The molecular formula is C19H22O5. The van der Waals surface area contributed by atoms with Crippen LogP contribution in [0.2, 0.25) is 0 Å². The summed E-state index contributed by atoms with van der Waals surface area (Å²) < 4.78 is 22.9. The van der Waals surface area contributed by atoms with E-state index in [0.29, 0.717) is 39.3 Å². The van der Waals surface area contributed by atoms with E-state index in [4.69, 9.17) is 18.9 Å².